The Morgan fingerprint density at radius 2 is 1.92 bits per heavy atom. The molecule has 4 aromatic rings. The third-order valence-corrected chi connectivity index (χ3v) is 8.95. The van der Waals surface area contributed by atoms with Gasteiger partial charge in [0.15, 0.2) is 4.34 Å². The topological polar surface area (TPSA) is 92.6 Å². The Morgan fingerprint density at radius 1 is 1.10 bits per heavy atom. The van der Waals surface area contributed by atoms with Crippen LogP contribution in [-0.2, 0) is 21.8 Å². The largest absolute Gasteiger partial charge is 0.507 e. The standard InChI is InChI=1S/C29H22ClN3O4S2/c1-16-12-20-13-19(10-11-22(20)37-16)25(34)23-24(18-8-5-9-21(30)14-18)33(27(36)26(23)35)28-31-32-29(39-28)38-15-17-6-3-2-4-7-17/h2-11,13-14,16,24,34H,12,15H2,1H3/t16-,24-/m0/s1. The van der Waals surface area contributed by atoms with Crippen LogP contribution in [0.5, 0.6) is 5.75 Å². The lowest BCUT2D eigenvalue weighted by atomic mass is 9.94. The number of carbonyl (C=O) groups excluding carboxylic acids is 2. The van der Waals surface area contributed by atoms with E-state index in [1.165, 1.54) is 28.0 Å². The van der Waals surface area contributed by atoms with Crippen molar-refractivity contribution in [3.8, 4) is 5.75 Å². The van der Waals surface area contributed by atoms with E-state index in [0.29, 0.717) is 32.7 Å². The number of benzene rings is 3. The molecule has 0 saturated carbocycles. The molecule has 2 aliphatic rings. The monoisotopic (exact) mass is 575 g/mol. The van der Waals surface area contributed by atoms with Crippen molar-refractivity contribution in [2.24, 2.45) is 0 Å². The zero-order valence-electron chi connectivity index (χ0n) is 20.7. The summed E-state index contributed by atoms with van der Waals surface area (Å²) in [6.07, 6.45) is 0.720. The molecule has 7 nitrogen and oxygen atoms in total. The first-order chi connectivity index (χ1) is 18.9. The zero-order chi connectivity index (χ0) is 27.1. The minimum Gasteiger partial charge on any atom is -0.507 e. The average Bonchev–Trinajstić information content (AvgIpc) is 3.62. The van der Waals surface area contributed by atoms with E-state index in [0.717, 1.165) is 16.9 Å². The van der Waals surface area contributed by atoms with Crippen molar-refractivity contribution in [2.45, 2.75) is 35.6 Å². The predicted octanol–water partition coefficient (Wildman–Crippen LogP) is 6.43. The molecule has 0 radical (unpaired) electrons. The molecule has 10 heteroatoms. The molecule has 2 atom stereocenters. The quantitative estimate of drug-likeness (QED) is 0.0930. The van der Waals surface area contributed by atoms with Gasteiger partial charge in [0.25, 0.3) is 5.78 Å². The summed E-state index contributed by atoms with van der Waals surface area (Å²) < 4.78 is 6.44. The summed E-state index contributed by atoms with van der Waals surface area (Å²) in [6, 6.07) is 21.2. The third-order valence-electron chi connectivity index (χ3n) is 6.59. The summed E-state index contributed by atoms with van der Waals surface area (Å²) in [5.41, 5.74) is 3.06. The van der Waals surface area contributed by atoms with Crippen LogP contribution in [0.15, 0.2) is 82.7 Å². The van der Waals surface area contributed by atoms with Crippen molar-refractivity contribution in [3.63, 3.8) is 0 Å². The molecule has 6 rings (SSSR count). The summed E-state index contributed by atoms with van der Waals surface area (Å²) in [5.74, 6) is -0.398. The normalized spacial score (nSPS) is 19.8. The second-order valence-corrected chi connectivity index (χ2v) is 11.9. The van der Waals surface area contributed by atoms with Crippen LogP contribution >= 0.6 is 34.7 Å². The van der Waals surface area contributed by atoms with Crippen molar-refractivity contribution < 1.29 is 19.4 Å². The number of Topliss-reactive ketones (excluding diaryl/α,β-unsaturated/α-hetero) is 1. The second-order valence-electron chi connectivity index (χ2n) is 9.30. The maximum Gasteiger partial charge on any atom is 0.301 e. The molecule has 1 fully saturated rings. The third kappa shape index (κ3) is 4.93. The number of ether oxygens (including phenoxy) is 1. The Hall–Kier alpha value is -3.66. The highest BCUT2D eigenvalue weighted by atomic mass is 35.5. The number of aromatic nitrogens is 2. The van der Waals surface area contributed by atoms with Crippen LogP contribution in [0.3, 0.4) is 0 Å². The van der Waals surface area contributed by atoms with Gasteiger partial charge >= 0.3 is 5.91 Å². The van der Waals surface area contributed by atoms with Crippen molar-refractivity contribution in [2.75, 3.05) is 4.90 Å². The maximum atomic E-state index is 13.5. The van der Waals surface area contributed by atoms with Crippen LogP contribution < -0.4 is 9.64 Å². The number of halogens is 1. The highest BCUT2D eigenvalue weighted by Gasteiger charge is 2.48. The summed E-state index contributed by atoms with van der Waals surface area (Å²) in [4.78, 5) is 28.2. The van der Waals surface area contributed by atoms with E-state index >= 15 is 0 Å². The molecule has 0 aliphatic carbocycles. The van der Waals surface area contributed by atoms with Gasteiger partial charge in [-0.25, -0.2) is 0 Å². The van der Waals surface area contributed by atoms with Crippen molar-refractivity contribution in [3.05, 3.63) is 106 Å². The summed E-state index contributed by atoms with van der Waals surface area (Å²) in [6.45, 7) is 1.97. The molecule has 39 heavy (non-hydrogen) atoms. The summed E-state index contributed by atoms with van der Waals surface area (Å²) in [7, 11) is 0. The van der Waals surface area contributed by atoms with Gasteiger partial charge in [-0.2, -0.15) is 0 Å². The van der Waals surface area contributed by atoms with Gasteiger partial charge in [0.1, 0.15) is 17.6 Å². The zero-order valence-corrected chi connectivity index (χ0v) is 23.1. The van der Waals surface area contributed by atoms with E-state index in [9.17, 15) is 14.7 Å². The molecular formula is C29H22ClN3O4S2. The Labute approximate surface area is 238 Å². The SMILES string of the molecule is C[C@H]1Cc2cc(C(O)=C3C(=O)C(=O)N(c4nnc(SCc5ccccc5)s4)[C@H]3c3cccc(Cl)c3)ccc2O1. The molecule has 2 aliphatic heterocycles. The molecular weight excluding hydrogens is 554 g/mol. The molecule has 1 saturated heterocycles. The Kier molecular flexibility index (Phi) is 6.88. The van der Waals surface area contributed by atoms with Gasteiger partial charge in [0.05, 0.1) is 11.6 Å². The second kappa shape index (κ2) is 10.5. The number of amides is 1. The van der Waals surface area contributed by atoms with Crippen LogP contribution in [0.4, 0.5) is 5.13 Å². The van der Waals surface area contributed by atoms with Crippen LogP contribution in [0.2, 0.25) is 5.02 Å². The van der Waals surface area contributed by atoms with Crippen LogP contribution in [0.25, 0.3) is 5.76 Å². The molecule has 0 spiro atoms. The number of rotatable bonds is 6. The van der Waals surface area contributed by atoms with E-state index in [1.807, 2.05) is 37.3 Å². The molecule has 196 valence electrons. The van der Waals surface area contributed by atoms with Crippen LogP contribution in [-0.4, -0.2) is 33.1 Å². The van der Waals surface area contributed by atoms with Crippen molar-refractivity contribution in [1.82, 2.24) is 10.2 Å². The number of hydrogen-bond donors (Lipinski definition) is 1. The first-order valence-corrected chi connectivity index (χ1v) is 14.4. The molecule has 0 bridgehead atoms. The van der Waals surface area contributed by atoms with Gasteiger partial charge in [-0.1, -0.05) is 77.2 Å². The lowest BCUT2D eigenvalue weighted by Crippen LogP contribution is -2.29. The fraction of sp³-hybridized carbons (Fsp3) is 0.172. The molecule has 0 unspecified atom stereocenters. The predicted molar refractivity (Wildman–Crippen MR) is 152 cm³/mol. The van der Waals surface area contributed by atoms with Gasteiger partial charge in [0, 0.05) is 22.8 Å². The van der Waals surface area contributed by atoms with Gasteiger partial charge < -0.3 is 9.84 Å². The number of hydrogen-bond acceptors (Lipinski definition) is 8. The average molecular weight is 576 g/mol. The highest BCUT2D eigenvalue weighted by Crippen LogP contribution is 2.45. The smallest absolute Gasteiger partial charge is 0.301 e. The van der Waals surface area contributed by atoms with Crippen LogP contribution in [0.1, 0.15) is 35.2 Å². The minimum atomic E-state index is -0.924. The van der Waals surface area contributed by atoms with Crippen molar-refractivity contribution >= 4 is 57.3 Å². The fourth-order valence-electron chi connectivity index (χ4n) is 4.82. The highest BCUT2D eigenvalue weighted by molar-refractivity contribution is 8.00. The number of ketones is 1. The number of carbonyl (C=O) groups is 2. The minimum absolute atomic E-state index is 0.0251. The summed E-state index contributed by atoms with van der Waals surface area (Å²) in [5, 5.41) is 20.7. The van der Waals surface area contributed by atoms with E-state index in [1.54, 1.807) is 42.5 Å². The molecule has 3 heterocycles. The van der Waals surface area contributed by atoms with Gasteiger partial charge in [0.2, 0.25) is 5.13 Å². The van der Waals surface area contributed by atoms with E-state index in [-0.39, 0.29) is 22.6 Å². The lowest BCUT2D eigenvalue weighted by Gasteiger charge is -2.22. The number of aliphatic hydroxyl groups excluding tert-OH is 1. The summed E-state index contributed by atoms with van der Waals surface area (Å²) >= 11 is 9.03. The number of aliphatic hydroxyl groups is 1. The number of nitrogens with zero attached hydrogens (tertiary/aromatic N) is 3. The number of fused-ring (bicyclic) bond motifs is 1. The van der Waals surface area contributed by atoms with E-state index in [4.69, 9.17) is 16.3 Å². The molecule has 1 aromatic heterocycles. The number of thioether (sulfide) groups is 1. The Bertz CT molecular complexity index is 1620. The first kappa shape index (κ1) is 25.6. The Balaban J connectivity index is 1.40. The van der Waals surface area contributed by atoms with Crippen molar-refractivity contribution in [1.29, 1.82) is 0 Å². The lowest BCUT2D eigenvalue weighted by molar-refractivity contribution is -0.132. The first-order valence-electron chi connectivity index (χ1n) is 12.3. The van der Waals surface area contributed by atoms with E-state index < -0.39 is 17.7 Å². The number of anilines is 1. The van der Waals surface area contributed by atoms with Gasteiger partial charge in [-0.3, -0.25) is 14.5 Å². The fourth-order valence-corrected chi connectivity index (χ4v) is 6.85. The maximum absolute atomic E-state index is 13.5. The Morgan fingerprint density at radius 3 is 2.72 bits per heavy atom. The molecule has 3 aromatic carbocycles. The molecule has 1 amide bonds. The van der Waals surface area contributed by atoms with E-state index in [2.05, 4.69) is 10.2 Å². The van der Waals surface area contributed by atoms with Gasteiger partial charge in [-0.15, -0.1) is 10.2 Å². The molecule has 1 N–H and O–H groups in total. The van der Waals surface area contributed by atoms with Crippen LogP contribution in [0, 0.1) is 0 Å². The van der Waals surface area contributed by atoms with Gasteiger partial charge in [-0.05, 0) is 53.9 Å².